The van der Waals surface area contributed by atoms with Crippen LogP contribution in [0.1, 0.15) is 74.9 Å². The van der Waals surface area contributed by atoms with E-state index in [0.29, 0.717) is 0 Å². The van der Waals surface area contributed by atoms with Crippen molar-refractivity contribution in [3.8, 4) is 55.6 Å². The molecule has 14 rings (SSSR count). The third-order valence-corrected chi connectivity index (χ3v) is 18.2. The van der Waals surface area contributed by atoms with E-state index in [0.717, 1.165) is 50.1 Å². The van der Waals surface area contributed by atoms with Gasteiger partial charge in [-0.1, -0.05) is 211 Å². The van der Waals surface area contributed by atoms with Crippen molar-refractivity contribution in [3.63, 3.8) is 0 Å². The van der Waals surface area contributed by atoms with Gasteiger partial charge in [0.05, 0.1) is 5.41 Å². The van der Waals surface area contributed by atoms with Crippen molar-refractivity contribution >= 4 is 39.0 Å². The number of nitrogens with zero attached hydrogens (tertiary/aromatic N) is 1. The second kappa shape index (κ2) is 15.2. The van der Waals surface area contributed by atoms with Gasteiger partial charge in [0.25, 0.3) is 0 Å². The average Bonchev–Trinajstić information content (AvgIpc) is 4.08. The van der Waals surface area contributed by atoms with Gasteiger partial charge in [-0.05, 0) is 154 Å². The summed E-state index contributed by atoms with van der Waals surface area (Å²) in [5.74, 6) is 0. The molecule has 346 valence electrons. The molecule has 3 aliphatic rings. The third-order valence-electron chi connectivity index (χ3n) is 18.2. The molecule has 0 saturated heterocycles. The molecule has 3 aliphatic carbocycles. The van der Waals surface area contributed by atoms with Crippen LogP contribution in [0.5, 0.6) is 0 Å². The molecule has 0 amide bonds. The summed E-state index contributed by atoms with van der Waals surface area (Å²) in [4.78, 5) is 2.38. The Hall–Kier alpha value is -8.20. The standard InChI is InChI=1S/C70H55NO/c1-67(2)61-42-55-52-23-13-16-26-58(52)70(60(55)43-62(61)68(3,4)69(67,5)6)59-27-17-14-24-53(59)56-41-57-54-25-15-18-28-63(54)72-66(57)64(65(56)70)48-33-39-51(40-34-48)71(49-35-29-46(30-36-49)44-19-9-7-10-20-44)50-37-31-47(32-38-50)45-21-11-8-12-22-45/h7-43H,1-6H3. The van der Waals surface area contributed by atoms with Crippen molar-refractivity contribution in [2.45, 2.75) is 57.8 Å². The molecule has 0 saturated carbocycles. The maximum atomic E-state index is 7.20. The molecule has 1 atom stereocenters. The number of benzene rings is 10. The molecule has 1 heterocycles. The minimum Gasteiger partial charge on any atom is -0.455 e. The predicted molar refractivity (Wildman–Crippen MR) is 301 cm³/mol. The van der Waals surface area contributed by atoms with Crippen LogP contribution in [0.3, 0.4) is 0 Å². The van der Waals surface area contributed by atoms with Crippen LogP contribution in [-0.4, -0.2) is 0 Å². The molecule has 0 aliphatic heterocycles. The molecule has 2 heteroatoms. The minimum atomic E-state index is -0.603. The Labute approximate surface area is 422 Å². The summed E-state index contributed by atoms with van der Waals surface area (Å²) in [6, 6.07) is 83.3. The van der Waals surface area contributed by atoms with Gasteiger partial charge < -0.3 is 9.32 Å². The number of furan rings is 1. The number of hydrogen-bond donors (Lipinski definition) is 0. The highest BCUT2D eigenvalue weighted by Crippen LogP contribution is 2.69. The molecule has 0 radical (unpaired) electrons. The normalized spacial score (nSPS) is 17.1. The second-order valence-corrected chi connectivity index (χ2v) is 22.0. The van der Waals surface area contributed by atoms with E-state index in [1.54, 1.807) is 0 Å². The van der Waals surface area contributed by atoms with Crippen molar-refractivity contribution in [1.82, 2.24) is 0 Å². The van der Waals surface area contributed by atoms with E-state index in [9.17, 15) is 0 Å². The summed E-state index contributed by atoms with van der Waals surface area (Å²) in [7, 11) is 0. The molecular formula is C70H55NO. The quantitative estimate of drug-likeness (QED) is 0.165. The first-order chi connectivity index (χ1) is 35.0. The van der Waals surface area contributed by atoms with Gasteiger partial charge in [-0.15, -0.1) is 0 Å². The Balaban J connectivity index is 1.01. The van der Waals surface area contributed by atoms with E-state index >= 15 is 0 Å². The van der Waals surface area contributed by atoms with Gasteiger partial charge in [0.2, 0.25) is 0 Å². The molecule has 2 nitrogen and oxygen atoms in total. The zero-order chi connectivity index (χ0) is 48.7. The van der Waals surface area contributed by atoms with E-state index in [1.165, 1.54) is 77.9 Å². The monoisotopic (exact) mass is 925 g/mol. The first-order valence-electron chi connectivity index (χ1n) is 25.6. The van der Waals surface area contributed by atoms with Gasteiger partial charge in [0.1, 0.15) is 11.2 Å². The second-order valence-electron chi connectivity index (χ2n) is 22.0. The van der Waals surface area contributed by atoms with Gasteiger partial charge in [-0.25, -0.2) is 0 Å². The maximum absolute atomic E-state index is 7.20. The maximum Gasteiger partial charge on any atom is 0.143 e. The number of anilines is 3. The zero-order valence-electron chi connectivity index (χ0n) is 41.7. The molecule has 1 aromatic heterocycles. The largest absolute Gasteiger partial charge is 0.455 e. The minimum absolute atomic E-state index is 0.0185. The van der Waals surface area contributed by atoms with E-state index in [1.807, 2.05) is 0 Å². The van der Waals surface area contributed by atoms with Crippen molar-refractivity contribution < 1.29 is 4.42 Å². The number of fused-ring (bicyclic) bond motifs is 14. The van der Waals surface area contributed by atoms with Gasteiger partial charge >= 0.3 is 0 Å². The molecule has 11 aromatic rings. The average molecular weight is 926 g/mol. The van der Waals surface area contributed by atoms with Crippen LogP contribution in [0, 0.1) is 5.41 Å². The van der Waals surface area contributed by atoms with Crippen LogP contribution in [0.2, 0.25) is 0 Å². The zero-order valence-corrected chi connectivity index (χ0v) is 41.7. The molecule has 1 spiro atoms. The Kier molecular flexibility index (Phi) is 8.98. The van der Waals surface area contributed by atoms with Crippen molar-refractivity contribution in [1.29, 1.82) is 0 Å². The van der Waals surface area contributed by atoms with E-state index < -0.39 is 5.41 Å². The van der Waals surface area contributed by atoms with Gasteiger partial charge in [-0.3, -0.25) is 0 Å². The topological polar surface area (TPSA) is 16.4 Å². The lowest BCUT2D eigenvalue weighted by molar-refractivity contribution is 0.125. The molecule has 72 heavy (non-hydrogen) atoms. The first kappa shape index (κ1) is 42.7. The van der Waals surface area contributed by atoms with Crippen LogP contribution < -0.4 is 4.90 Å². The Morgan fingerprint density at radius 3 is 1.33 bits per heavy atom. The summed E-state index contributed by atoms with van der Waals surface area (Å²) in [6.45, 7) is 14.8. The summed E-state index contributed by atoms with van der Waals surface area (Å²) in [5, 5.41) is 2.27. The smallest absolute Gasteiger partial charge is 0.143 e. The molecule has 0 bridgehead atoms. The van der Waals surface area contributed by atoms with Crippen LogP contribution in [-0.2, 0) is 16.2 Å². The van der Waals surface area contributed by atoms with Crippen molar-refractivity contribution in [2.75, 3.05) is 4.90 Å². The van der Waals surface area contributed by atoms with Crippen LogP contribution in [0.25, 0.3) is 77.6 Å². The fraction of sp³-hybridized carbons (Fsp3) is 0.143. The van der Waals surface area contributed by atoms with Gasteiger partial charge in [0, 0.05) is 33.4 Å². The lowest BCUT2D eigenvalue weighted by atomic mass is 9.59. The molecule has 1 unspecified atom stereocenters. The van der Waals surface area contributed by atoms with Crippen molar-refractivity contribution in [3.05, 3.63) is 258 Å². The fourth-order valence-electron chi connectivity index (χ4n) is 13.4. The summed E-state index contributed by atoms with van der Waals surface area (Å²) in [5.41, 5.74) is 24.9. The lowest BCUT2D eigenvalue weighted by Crippen LogP contribution is -2.42. The highest BCUT2D eigenvalue weighted by Gasteiger charge is 2.60. The van der Waals surface area contributed by atoms with Gasteiger partial charge in [0.15, 0.2) is 0 Å². The van der Waals surface area contributed by atoms with E-state index in [4.69, 9.17) is 4.42 Å². The third kappa shape index (κ3) is 5.67. The van der Waals surface area contributed by atoms with E-state index in [-0.39, 0.29) is 16.2 Å². The number of para-hydroxylation sites is 1. The lowest BCUT2D eigenvalue weighted by Gasteiger charge is -2.44. The number of rotatable bonds is 6. The fourth-order valence-corrected chi connectivity index (χ4v) is 13.4. The Morgan fingerprint density at radius 1 is 0.333 bits per heavy atom. The molecular weight excluding hydrogens is 871 g/mol. The van der Waals surface area contributed by atoms with E-state index in [2.05, 4.69) is 271 Å². The van der Waals surface area contributed by atoms with Crippen molar-refractivity contribution in [2.24, 2.45) is 5.41 Å². The van der Waals surface area contributed by atoms with Crippen LogP contribution in [0.4, 0.5) is 17.1 Å². The molecule has 0 fully saturated rings. The summed E-state index contributed by atoms with van der Waals surface area (Å²) >= 11 is 0. The van der Waals surface area contributed by atoms with Crippen LogP contribution >= 0.6 is 0 Å². The highest BCUT2D eigenvalue weighted by atomic mass is 16.3. The first-order valence-corrected chi connectivity index (χ1v) is 25.6. The Bertz CT molecular complexity index is 3880. The molecule has 10 aromatic carbocycles. The molecule has 0 N–H and O–H groups in total. The predicted octanol–water partition coefficient (Wildman–Crippen LogP) is 19.0. The van der Waals surface area contributed by atoms with Gasteiger partial charge in [-0.2, -0.15) is 0 Å². The summed E-state index contributed by atoms with van der Waals surface area (Å²) < 4.78 is 7.20. The Morgan fingerprint density at radius 2 is 0.778 bits per heavy atom. The SMILES string of the molecule is CC1(C)c2cc3c(cc2C(C)(C)C1(C)C)C1(c2ccccc2-3)c2ccccc2-c2cc3c(oc4ccccc43)c(-c3ccc(N(c4ccc(-c5ccccc5)cc4)c4ccc(-c5ccccc5)cc4)cc3)c21. The number of hydrogen-bond acceptors (Lipinski definition) is 2. The van der Waals surface area contributed by atoms with Crippen LogP contribution in [0.15, 0.2) is 229 Å². The summed E-state index contributed by atoms with van der Waals surface area (Å²) in [6.07, 6.45) is 0. The highest BCUT2D eigenvalue weighted by molar-refractivity contribution is 6.15.